The molecule has 0 aliphatic rings. The minimum absolute atomic E-state index is 0.643. The number of nitrogens with one attached hydrogen (secondary N) is 1. The van der Waals surface area contributed by atoms with Gasteiger partial charge in [0.25, 0.3) is 0 Å². The van der Waals surface area contributed by atoms with Crippen molar-refractivity contribution in [3.63, 3.8) is 0 Å². The van der Waals surface area contributed by atoms with Crippen LogP contribution in [0.4, 0.5) is 5.82 Å². The Labute approximate surface area is 92.5 Å². The zero-order chi connectivity index (χ0) is 11.3. The summed E-state index contributed by atoms with van der Waals surface area (Å²) in [6, 6.07) is 4.17. The van der Waals surface area contributed by atoms with E-state index in [9.17, 15) is 0 Å². The van der Waals surface area contributed by atoms with Crippen molar-refractivity contribution in [2.45, 2.75) is 20.4 Å². The van der Waals surface area contributed by atoms with Crippen molar-refractivity contribution in [2.24, 2.45) is 5.92 Å². The van der Waals surface area contributed by atoms with E-state index in [0.29, 0.717) is 5.92 Å². The average Bonchev–Trinajstić information content (AvgIpc) is 2.14. The van der Waals surface area contributed by atoms with Gasteiger partial charge in [0, 0.05) is 19.3 Å². The number of pyridine rings is 1. The molecule has 0 spiro atoms. The Morgan fingerprint density at radius 3 is 2.73 bits per heavy atom. The Balaban J connectivity index is 2.57. The van der Waals surface area contributed by atoms with Crippen LogP contribution in [0.3, 0.4) is 0 Å². The first-order valence-corrected chi connectivity index (χ1v) is 5.41. The van der Waals surface area contributed by atoms with Crippen molar-refractivity contribution in [3.8, 4) is 0 Å². The van der Waals surface area contributed by atoms with E-state index >= 15 is 0 Å². The molecule has 84 valence electrons. The fraction of sp³-hybridized carbons (Fsp3) is 0.583. The average molecular weight is 207 g/mol. The summed E-state index contributed by atoms with van der Waals surface area (Å²) >= 11 is 0. The molecule has 0 aliphatic carbocycles. The molecule has 3 nitrogen and oxygen atoms in total. The molecule has 1 aromatic rings. The third-order valence-corrected chi connectivity index (χ3v) is 2.01. The summed E-state index contributed by atoms with van der Waals surface area (Å²) in [5.41, 5.74) is 1.29. The van der Waals surface area contributed by atoms with Crippen molar-refractivity contribution in [1.82, 2.24) is 9.88 Å². The third-order valence-electron chi connectivity index (χ3n) is 2.01. The number of anilines is 1. The molecule has 0 atom stereocenters. The summed E-state index contributed by atoms with van der Waals surface area (Å²) in [5.74, 6) is 1.62. The van der Waals surface area contributed by atoms with Crippen LogP contribution < -0.4 is 5.32 Å². The van der Waals surface area contributed by atoms with Crippen molar-refractivity contribution in [1.29, 1.82) is 0 Å². The van der Waals surface area contributed by atoms with Crippen LogP contribution in [0.25, 0.3) is 0 Å². The van der Waals surface area contributed by atoms with Gasteiger partial charge < -0.3 is 10.2 Å². The summed E-state index contributed by atoms with van der Waals surface area (Å²) < 4.78 is 0. The van der Waals surface area contributed by atoms with Crippen molar-refractivity contribution < 1.29 is 0 Å². The molecular formula is C12H21N3. The van der Waals surface area contributed by atoms with Crippen LogP contribution in [-0.2, 0) is 6.54 Å². The van der Waals surface area contributed by atoms with Crippen molar-refractivity contribution in [3.05, 3.63) is 23.9 Å². The van der Waals surface area contributed by atoms with Crippen LogP contribution in [0.5, 0.6) is 0 Å². The van der Waals surface area contributed by atoms with E-state index in [4.69, 9.17) is 0 Å². The summed E-state index contributed by atoms with van der Waals surface area (Å²) in [6.45, 7) is 6.31. The van der Waals surface area contributed by atoms with Crippen LogP contribution in [-0.4, -0.2) is 30.5 Å². The van der Waals surface area contributed by atoms with Gasteiger partial charge in [-0.25, -0.2) is 4.98 Å². The minimum atomic E-state index is 0.643. The fourth-order valence-corrected chi connectivity index (χ4v) is 1.34. The molecule has 1 aromatic heterocycles. The minimum Gasteiger partial charge on any atom is -0.370 e. The normalized spacial score (nSPS) is 11.1. The molecule has 1 rings (SSSR count). The zero-order valence-corrected chi connectivity index (χ0v) is 10.1. The second-order valence-corrected chi connectivity index (χ2v) is 4.56. The second-order valence-electron chi connectivity index (χ2n) is 4.56. The lowest BCUT2D eigenvalue weighted by molar-refractivity contribution is 0.402. The molecule has 0 saturated heterocycles. The van der Waals surface area contributed by atoms with Gasteiger partial charge in [0.05, 0.1) is 0 Å². The van der Waals surface area contributed by atoms with E-state index in [0.717, 1.165) is 18.9 Å². The molecule has 0 unspecified atom stereocenters. The van der Waals surface area contributed by atoms with Gasteiger partial charge in [-0.1, -0.05) is 13.8 Å². The van der Waals surface area contributed by atoms with E-state index in [1.807, 2.05) is 6.20 Å². The predicted octanol–water partition coefficient (Wildman–Crippen LogP) is 2.21. The van der Waals surface area contributed by atoms with Crippen molar-refractivity contribution in [2.75, 3.05) is 26.0 Å². The van der Waals surface area contributed by atoms with Gasteiger partial charge in [-0.3, -0.25) is 0 Å². The first-order valence-electron chi connectivity index (χ1n) is 5.41. The maximum absolute atomic E-state index is 4.29. The van der Waals surface area contributed by atoms with Crippen LogP contribution in [0, 0.1) is 5.92 Å². The second kappa shape index (κ2) is 5.71. The van der Waals surface area contributed by atoms with E-state index in [1.165, 1.54) is 5.56 Å². The number of rotatable bonds is 5. The Morgan fingerprint density at radius 2 is 2.13 bits per heavy atom. The molecule has 0 radical (unpaired) electrons. The topological polar surface area (TPSA) is 28.2 Å². The molecule has 0 aliphatic heterocycles. The SMILES string of the molecule is CC(C)CNc1cc(CN(C)C)ccn1. The lowest BCUT2D eigenvalue weighted by Crippen LogP contribution is -2.12. The van der Waals surface area contributed by atoms with E-state index in [2.05, 4.69) is 55.3 Å². The summed E-state index contributed by atoms with van der Waals surface area (Å²) in [5, 5.41) is 3.33. The molecule has 0 bridgehead atoms. The summed E-state index contributed by atoms with van der Waals surface area (Å²) in [4.78, 5) is 6.44. The number of hydrogen-bond donors (Lipinski definition) is 1. The van der Waals surface area contributed by atoms with Crippen LogP contribution >= 0.6 is 0 Å². The highest BCUT2D eigenvalue weighted by molar-refractivity contribution is 5.37. The van der Waals surface area contributed by atoms with Crippen molar-refractivity contribution >= 4 is 5.82 Å². The Hall–Kier alpha value is -1.09. The maximum atomic E-state index is 4.29. The molecule has 3 heteroatoms. The first kappa shape index (κ1) is 12.0. The number of hydrogen-bond acceptors (Lipinski definition) is 3. The molecule has 0 saturated carbocycles. The molecule has 15 heavy (non-hydrogen) atoms. The largest absolute Gasteiger partial charge is 0.370 e. The molecule has 1 N–H and O–H groups in total. The van der Waals surface area contributed by atoms with Gasteiger partial charge in [-0.05, 0) is 37.7 Å². The van der Waals surface area contributed by atoms with Crippen LogP contribution in [0.15, 0.2) is 18.3 Å². The lowest BCUT2D eigenvalue weighted by atomic mass is 10.2. The first-order chi connectivity index (χ1) is 7.08. The highest BCUT2D eigenvalue weighted by Gasteiger charge is 1.99. The fourth-order valence-electron chi connectivity index (χ4n) is 1.34. The highest BCUT2D eigenvalue weighted by atomic mass is 15.1. The highest BCUT2D eigenvalue weighted by Crippen LogP contribution is 2.08. The summed E-state index contributed by atoms with van der Waals surface area (Å²) in [7, 11) is 4.14. The van der Waals surface area contributed by atoms with Crippen LogP contribution in [0.2, 0.25) is 0 Å². The predicted molar refractivity (Wildman–Crippen MR) is 65.0 cm³/mol. The Bertz CT molecular complexity index is 295. The van der Waals surface area contributed by atoms with Gasteiger partial charge in [0.1, 0.15) is 5.82 Å². The van der Waals surface area contributed by atoms with Gasteiger partial charge >= 0.3 is 0 Å². The van der Waals surface area contributed by atoms with Crippen LogP contribution in [0.1, 0.15) is 19.4 Å². The smallest absolute Gasteiger partial charge is 0.126 e. The molecule has 0 aromatic carbocycles. The third kappa shape index (κ3) is 4.79. The Morgan fingerprint density at radius 1 is 1.40 bits per heavy atom. The standard InChI is InChI=1S/C12H21N3/c1-10(2)8-14-12-7-11(5-6-13-12)9-15(3)4/h5-7,10H,8-9H2,1-4H3,(H,13,14). The van der Waals surface area contributed by atoms with Gasteiger partial charge in [0.2, 0.25) is 0 Å². The maximum Gasteiger partial charge on any atom is 0.126 e. The Kier molecular flexibility index (Phi) is 4.56. The lowest BCUT2D eigenvalue weighted by Gasteiger charge is -2.12. The number of aromatic nitrogens is 1. The van der Waals surface area contributed by atoms with E-state index < -0.39 is 0 Å². The van der Waals surface area contributed by atoms with Gasteiger partial charge in [-0.15, -0.1) is 0 Å². The van der Waals surface area contributed by atoms with E-state index in [1.54, 1.807) is 0 Å². The quantitative estimate of drug-likeness (QED) is 0.802. The molecule has 0 amide bonds. The molecule has 0 fully saturated rings. The summed E-state index contributed by atoms with van der Waals surface area (Å²) in [6.07, 6.45) is 1.86. The van der Waals surface area contributed by atoms with Gasteiger partial charge in [-0.2, -0.15) is 0 Å². The molecule has 1 heterocycles. The van der Waals surface area contributed by atoms with E-state index in [-0.39, 0.29) is 0 Å². The van der Waals surface area contributed by atoms with Gasteiger partial charge in [0.15, 0.2) is 0 Å². The molecular weight excluding hydrogens is 186 g/mol. The number of nitrogens with zero attached hydrogens (tertiary/aromatic N) is 2. The monoisotopic (exact) mass is 207 g/mol. The zero-order valence-electron chi connectivity index (χ0n) is 10.1.